The van der Waals surface area contributed by atoms with E-state index in [1.807, 2.05) is 11.9 Å². The Labute approximate surface area is 106 Å². The molecule has 0 fully saturated rings. The second kappa shape index (κ2) is 8.48. The van der Waals surface area contributed by atoms with Crippen LogP contribution in [0, 0.1) is 5.41 Å². The molecule has 0 heterocycles. The average molecular weight is 244 g/mol. The molecule has 0 radical (unpaired) electrons. The molecule has 0 rings (SSSR count). The Kier molecular flexibility index (Phi) is 8.17. The second-order valence-electron chi connectivity index (χ2n) is 5.74. The van der Waals surface area contributed by atoms with E-state index in [4.69, 9.17) is 4.74 Å². The highest BCUT2D eigenvalue weighted by Crippen LogP contribution is 2.16. The Hall–Kier alpha value is -0.610. The van der Waals surface area contributed by atoms with Gasteiger partial charge in [-0.15, -0.1) is 0 Å². The maximum absolute atomic E-state index is 11.6. The van der Waals surface area contributed by atoms with E-state index in [9.17, 15) is 4.79 Å². The van der Waals surface area contributed by atoms with E-state index >= 15 is 0 Å². The number of hydrogen-bond donors (Lipinski definition) is 1. The van der Waals surface area contributed by atoms with Gasteiger partial charge in [-0.1, -0.05) is 20.8 Å². The van der Waals surface area contributed by atoms with Gasteiger partial charge in [-0.05, 0) is 25.3 Å². The highest BCUT2D eigenvalue weighted by molar-refractivity contribution is 5.77. The zero-order chi connectivity index (χ0) is 13.3. The molecule has 4 nitrogen and oxygen atoms in total. The number of methoxy groups -OCH3 is 1. The third-order valence-corrected chi connectivity index (χ3v) is 2.50. The summed E-state index contributed by atoms with van der Waals surface area (Å²) in [5, 5.41) is 2.95. The molecule has 0 aromatic heterocycles. The Morgan fingerprint density at radius 3 is 2.53 bits per heavy atom. The van der Waals surface area contributed by atoms with Crippen LogP contribution < -0.4 is 5.32 Å². The molecule has 0 saturated carbocycles. The van der Waals surface area contributed by atoms with Gasteiger partial charge >= 0.3 is 0 Å². The summed E-state index contributed by atoms with van der Waals surface area (Å²) in [4.78, 5) is 13.6. The van der Waals surface area contributed by atoms with Gasteiger partial charge in [0.05, 0.1) is 6.54 Å². The Morgan fingerprint density at radius 2 is 2.00 bits per heavy atom. The van der Waals surface area contributed by atoms with Crippen molar-refractivity contribution in [3.63, 3.8) is 0 Å². The number of rotatable bonds is 8. The van der Waals surface area contributed by atoms with Crippen molar-refractivity contribution in [2.24, 2.45) is 5.41 Å². The van der Waals surface area contributed by atoms with Crippen LogP contribution in [0.25, 0.3) is 0 Å². The molecule has 17 heavy (non-hydrogen) atoms. The predicted molar refractivity (Wildman–Crippen MR) is 71.1 cm³/mol. The number of carbonyl (C=O) groups is 1. The highest BCUT2D eigenvalue weighted by Gasteiger charge is 2.11. The zero-order valence-electron chi connectivity index (χ0n) is 12.0. The lowest BCUT2D eigenvalue weighted by molar-refractivity contribution is -0.122. The third-order valence-electron chi connectivity index (χ3n) is 2.50. The lowest BCUT2D eigenvalue weighted by Crippen LogP contribution is -2.37. The molecular formula is C13H28N2O2. The van der Waals surface area contributed by atoms with Crippen LogP contribution in [-0.4, -0.2) is 51.2 Å². The standard InChI is InChI=1S/C13H28N2O2/c1-13(2,3)7-8-14-12(16)11-15(4)9-6-10-17-5/h6-11H2,1-5H3,(H,14,16). The predicted octanol–water partition coefficient (Wildman–Crippen LogP) is 1.51. The summed E-state index contributed by atoms with van der Waals surface area (Å²) in [6.45, 7) is 9.39. The van der Waals surface area contributed by atoms with Gasteiger partial charge in [0.1, 0.15) is 0 Å². The van der Waals surface area contributed by atoms with Crippen molar-refractivity contribution in [3.8, 4) is 0 Å². The van der Waals surface area contributed by atoms with Crippen LogP contribution in [0.1, 0.15) is 33.6 Å². The minimum atomic E-state index is 0.106. The molecule has 0 unspecified atom stereocenters. The van der Waals surface area contributed by atoms with Crippen LogP contribution in [0.5, 0.6) is 0 Å². The summed E-state index contributed by atoms with van der Waals surface area (Å²) in [5.41, 5.74) is 0.275. The van der Waals surface area contributed by atoms with E-state index < -0.39 is 0 Å². The first kappa shape index (κ1) is 16.4. The molecule has 0 bridgehead atoms. The summed E-state index contributed by atoms with van der Waals surface area (Å²) in [6, 6.07) is 0. The summed E-state index contributed by atoms with van der Waals surface area (Å²) in [7, 11) is 3.65. The monoisotopic (exact) mass is 244 g/mol. The van der Waals surface area contributed by atoms with Crippen molar-refractivity contribution in [1.82, 2.24) is 10.2 Å². The van der Waals surface area contributed by atoms with Crippen LogP contribution >= 0.6 is 0 Å². The van der Waals surface area contributed by atoms with Gasteiger partial charge in [-0.3, -0.25) is 9.69 Å². The van der Waals surface area contributed by atoms with Gasteiger partial charge in [0.25, 0.3) is 0 Å². The largest absolute Gasteiger partial charge is 0.385 e. The molecule has 0 aromatic rings. The molecule has 0 aliphatic carbocycles. The molecular weight excluding hydrogens is 216 g/mol. The maximum Gasteiger partial charge on any atom is 0.234 e. The van der Waals surface area contributed by atoms with Gasteiger partial charge in [0.2, 0.25) is 5.91 Å². The molecule has 0 atom stereocenters. The van der Waals surface area contributed by atoms with E-state index in [-0.39, 0.29) is 11.3 Å². The number of likely N-dealkylation sites (N-methyl/N-ethyl adjacent to an activating group) is 1. The van der Waals surface area contributed by atoms with E-state index in [0.717, 1.165) is 32.5 Å². The summed E-state index contributed by atoms with van der Waals surface area (Å²) < 4.78 is 4.97. The third kappa shape index (κ3) is 11.6. The van der Waals surface area contributed by atoms with Gasteiger partial charge in [-0.2, -0.15) is 0 Å². The number of amides is 1. The normalized spacial score (nSPS) is 11.9. The Morgan fingerprint density at radius 1 is 1.35 bits per heavy atom. The van der Waals surface area contributed by atoms with Gasteiger partial charge in [0, 0.05) is 26.8 Å². The molecule has 4 heteroatoms. The van der Waals surface area contributed by atoms with Crippen molar-refractivity contribution in [1.29, 1.82) is 0 Å². The number of carbonyl (C=O) groups excluding carboxylic acids is 1. The fraction of sp³-hybridized carbons (Fsp3) is 0.923. The number of nitrogens with one attached hydrogen (secondary N) is 1. The minimum Gasteiger partial charge on any atom is -0.385 e. The van der Waals surface area contributed by atoms with E-state index in [0.29, 0.717) is 6.54 Å². The quantitative estimate of drug-likeness (QED) is 0.658. The van der Waals surface area contributed by atoms with Crippen LogP contribution in [-0.2, 0) is 9.53 Å². The molecule has 0 saturated heterocycles. The number of nitrogens with zero attached hydrogens (tertiary/aromatic N) is 1. The fourth-order valence-corrected chi connectivity index (χ4v) is 1.44. The molecule has 0 spiro atoms. The Balaban J connectivity index is 3.57. The fourth-order valence-electron chi connectivity index (χ4n) is 1.44. The number of ether oxygens (including phenoxy) is 1. The maximum atomic E-state index is 11.6. The first-order valence-corrected chi connectivity index (χ1v) is 6.29. The second-order valence-corrected chi connectivity index (χ2v) is 5.74. The molecule has 1 N–H and O–H groups in total. The van der Waals surface area contributed by atoms with Crippen LogP contribution in [0.3, 0.4) is 0 Å². The van der Waals surface area contributed by atoms with E-state index in [1.54, 1.807) is 7.11 Å². The van der Waals surface area contributed by atoms with Gasteiger partial charge in [0.15, 0.2) is 0 Å². The lowest BCUT2D eigenvalue weighted by atomic mass is 9.92. The van der Waals surface area contributed by atoms with Crippen molar-refractivity contribution >= 4 is 5.91 Å². The van der Waals surface area contributed by atoms with Gasteiger partial charge < -0.3 is 10.1 Å². The summed E-state index contributed by atoms with van der Waals surface area (Å²) in [6.07, 6.45) is 1.97. The van der Waals surface area contributed by atoms with Crippen molar-refractivity contribution in [2.75, 3.05) is 40.4 Å². The van der Waals surface area contributed by atoms with Crippen molar-refractivity contribution in [3.05, 3.63) is 0 Å². The van der Waals surface area contributed by atoms with E-state index in [1.165, 1.54) is 0 Å². The first-order chi connectivity index (χ1) is 7.85. The topological polar surface area (TPSA) is 41.6 Å². The average Bonchev–Trinajstić information content (AvgIpc) is 2.15. The molecule has 0 aliphatic heterocycles. The number of hydrogen-bond acceptors (Lipinski definition) is 3. The summed E-state index contributed by atoms with van der Waals surface area (Å²) in [5.74, 6) is 0.106. The zero-order valence-corrected chi connectivity index (χ0v) is 12.0. The van der Waals surface area contributed by atoms with Crippen LogP contribution in [0.2, 0.25) is 0 Å². The molecule has 102 valence electrons. The first-order valence-electron chi connectivity index (χ1n) is 6.29. The van der Waals surface area contributed by atoms with Gasteiger partial charge in [-0.25, -0.2) is 0 Å². The minimum absolute atomic E-state index is 0.106. The molecule has 0 aromatic carbocycles. The lowest BCUT2D eigenvalue weighted by Gasteiger charge is -2.19. The van der Waals surface area contributed by atoms with Crippen LogP contribution in [0.15, 0.2) is 0 Å². The Bertz CT molecular complexity index is 212. The van der Waals surface area contributed by atoms with Crippen molar-refractivity contribution < 1.29 is 9.53 Å². The smallest absolute Gasteiger partial charge is 0.234 e. The summed E-state index contributed by atoms with van der Waals surface area (Å²) >= 11 is 0. The molecule has 1 amide bonds. The van der Waals surface area contributed by atoms with E-state index in [2.05, 4.69) is 26.1 Å². The van der Waals surface area contributed by atoms with Crippen LogP contribution in [0.4, 0.5) is 0 Å². The molecule has 0 aliphatic rings. The SMILES string of the molecule is COCCCN(C)CC(=O)NCCC(C)(C)C. The highest BCUT2D eigenvalue weighted by atomic mass is 16.5. The van der Waals surface area contributed by atoms with Crippen molar-refractivity contribution in [2.45, 2.75) is 33.6 Å².